The number of ether oxygens (including phenoxy) is 1. The lowest BCUT2D eigenvalue weighted by Gasteiger charge is -2.34. The molecule has 1 aliphatic rings. The summed E-state index contributed by atoms with van der Waals surface area (Å²) < 4.78 is 7.33. The second-order valence-corrected chi connectivity index (χ2v) is 9.00. The van der Waals surface area contributed by atoms with Gasteiger partial charge in [-0.2, -0.15) is 5.10 Å². The minimum Gasteiger partial charge on any atom is -0.496 e. The predicted molar refractivity (Wildman–Crippen MR) is 142 cm³/mol. The number of primary amides is 1. The minimum atomic E-state index is -0.429. The number of nitrogens with two attached hydrogens (primary N) is 1. The third-order valence-electron chi connectivity index (χ3n) is 6.63. The Labute approximate surface area is 215 Å². The highest BCUT2D eigenvalue weighted by Gasteiger charge is 2.27. The van der Waals surface area contributed by atoms with Crippen molar-refractivity contribution in [2.45, 2.75) is 6.54 Å². The first-order valence-corrected chi connectivity index (χ1v) is 12.2. The van der Waals surface area contributed by atoms with Crippen LogP contribution in [0.15, 0.2) is 85.1 Å². The number of amides is 2. The minimum absolute atomic E-state index is 0.0476. The van der Waals surface area contributed by atoms with E-state index in [4.69, 9.17) is 15.6 Å². The van der Waals surface area contributed by atoms with E-state index < -0.39 is 5.91 Å². The Kier molecular flexibility index (Phi) is 7.00. The fraction of sp³-hybridized carbons (Fsp3) is 0.207. The van der Waals surface area contributed by atoms with Crippen molar-refractivity contribution in [3.8, 4) is 22.7 Å². The van der Waals surface area contributed by atoms with Crippen molar-refractivity contribution in [3.63, 3.8) is 0 Å². The maximum atomic E-state index is 13.8. The molecule has 1 fully saturated rings. The zero-order valence-electron chi connectivity index (χ0n) is 20.7. The first kappa shape index (κ1) is 24.3. The zero-order chi connectivity index (χ0) is 25.8. The summed E-state index contributed by atoms with van der Waals surface area (Å²) in [6.45, 7) is 3.47. The molecule has 0 spiro atoms. The highest BCUT2D eigenvalue weighted by atomic mass is 16.5. The van der Waals surface area contributed by atoms with Crippen LogP contribution in [0.4, 0.5) is 0 Å². The number of carbonyl (C=O) groups is 2. The van der Waals surface area contributed by atoms with Crippen LogP contribution in [0.3, 0.4) is 0 Å². The Balaban J connectivity index is 1.35. The van der Waals surface area contributed by atoms with Gasteiger partial charge in [-0.25, -0.2) is 4.68 Å². The fourth-order valence-corrected chi connectivity index (χ4v) is 4.59. The van der Waals surface area contributed by atoms with Crippen LogP contribution in [0, 0.1) is 0 Å². The molecule has 2 heterocycles. The highest BCUT2D eigenvalue weighted by Crippen LogP contribution is 2.32. The van der Waals surface area contributed by atoms with E-state index in [9.17, 15) is 9.59 Å². The number of piperazine rings is 1. The summed E-state index contributed by atoms with van der Waals surface area (Å²) >= 11 is 0. The SMILES string of the molecule is COc1ccccc1-c1nn(-c2ccccc2)cc1C(=O)N1CCN(Cc2ccc(C(N)=O)cc2)CC1. The van der Waals surface area contributed by atoms with Crippen molar-refractivity contribution in [2.24, 2.45) is 5.73 Å². The van der Waals surface area contributed by atoms with E-state index in [0.29, 0.717) is 35.7 Å². The molecule has 0 radical (unpaired) electrons. The molecule has 4 aromatic rings. The Morgan fingerprint density at radius 2 is 1.57 bits per heavy atom. The Morgan fingerprint density at radius 3 is 2.24 bits per heavy atom. The summed E-state index contributed by atoms with van der Waals surface area (Å²) in [5.74, 6) is 0.192. The molecule has 188 valence electrons. The van der Waals surface area contributed by atoms with Gasteiger partial charge in [0.2, 0.25) is 5.91 Å². The van der Waals surface area contributed by atoms with Gasteiger partial charge in [-0.1, -0.05) is 42.5 Å². The lowest BCUT2D eigenvalue weighted by atomic mass is 10.1. The molecule has 1 aromatic heterocycles. The van der Waals surface area contributed by atoms with Crippen molar-refractivity contribution < 1.29 is 14.3 Å². The quantitative estimate of drug-likeness (QED) is 0.423. The molecule has 2 amide bonds. The molecule has 2 N–H and O–H groups in total. The third-order valence-corrected chi connectivity index (χ3v) is 6.63. The molecular formula is C29H29N5O3. The molecule has 3 aromatic carbocycles. The summed E-state index contributed by atoms with van der Waals surface area (Å²) in [5.41, 5.74) is 9.75. The number of rotatable bonds is 7. The van der Waals surface area contributed by atoms with Crippen LogP contribution < -0.4 is 10.5 Å². The van der Waals surface area contributed by atoms with Crippen LogP contribution in [0.1, 0.15) is 26.3 Å². The largest absolute Gasteiger partial charge is 0.496 e. The predicted octanol–water partition coefficient (Wildman–Crippen LogP) is 3.60. The van der Waals surface area contributed by atoms with E-state index in [-0.39, 0.29) is 5.91 Å². The summed E-state index contributed by atoms with van der Waals surface area (Å²) in [7, 11) is 1.62. The van der Waals surface area contributed by atoms with Gasteiger partial charge in [0.15, 0.2) is 0 Å². The van der Waals surface area contributed by atoms with Gasteiger partial charge in [-0.15, -0.1) is 0 Å². The molecule has 0 bridgehead atoms. The van der Waals surface area contributed by atoms with E-state index in [2.05, 4.69) is 4.90 Å². The van der Waals surface area contributed by atoms with Crippen LogP contribution >= 0.6 is 0 Å². The molecular weight excluding hydrogens is 466 g/mol. The molecule has 1 saturated heterocycles. The number of hydrogen-bond acceptors (Lipinski definition) is 5. The summed E-state index contributed by atoms with van der Waals surface area (Å²) in [5, 5.41) is 4.81. The molecule has 0 atom stereocenters. The Hall–Kier alpha value is -4.43. The van der Waals surface area contributed by atoms with E-state index in [1.807, 2.05) is 77.8 Å². The molecule has 8 nitrogen and oxygen atoms in total. The van der Waals surface area contributed by atoms with Crippen molar-refractivity contribution in [2.75, 3.05) is 33.3 Å². The second kappa shape index (κ2) is 10.7. The van der Waals surface area contributed by atoms with Crippen molar-refractivity contribution in [3.05, 3.63) is 102 Å². The first-order valence-electron chi connectivity index (χ1n) is 12.2. The number of nitrogens with zero attached hydrogens (tertiary/aromatic N) is 4. The molecule has 8 heteroatoms. The van der Waals surface area contributed by atoms with E-state index in [1.165, 1.54) is 0 Å². The van der Waals surface area contributed by atoms with Crippen LogP contribution in [0.2, 0.25) is 0 Å². The average molecular weight is 496 g/mol. The lowest BCUT2D eigenvalue weighted by molar-refractivity contribution is 0.0629. The second-order valence-electron chi connectivity index (χ2n) is 9.00. The topological polar surface area (TPSA) is 93.7 Å². The van der Waals surface area contributed by atoms with Gasteiger partial charge in [-0.3, -0.25) is 14.5 Å². The Morgan fingerprint density at radius 1 is 0.892 bits per heavy atom. The van der Waals surface area contributed by atoms with Crippen molar-refractivity contribution in [1.82, 2.24) is 19.6 Å². The summed E-state index contributed by atoms with van der Waals surface area (Å²) in [4.78, 5) is 29.3. The fourth-order valence-electron chi connectivity index (χ4n) is 4.59. The van der Waals surface area contributed by atoms with E-state index in [1.54, 1.807) is 23.9 Å². The number of aromatic nitrogens is 2. The van der Waals surface area contributed by atoms with Crippen LogP contribution in [-0.4, -0.2) is 64.7 Å². The highest BCUT2D eigenvalue weighted by molar-refractivity contribution is 6.00. The van der Waals surface area contributed by atoms with Crippen LogP contribution in [-0.2, 0) is 6.54 Å². The smallest absolute Gasteiger partial charge is 0.257 e. The maximum Gasteiger partial charge on any atom is 0.257 e. The molecule has 37 heavy (non-hydrogen) atoms. The van der Waals surface area contributed by atoms with Crippen molar-refractivity contribution >= 4 is 11.8 Å². The van der Waals surface area contributed by atoms with Gasteiger partial charge in [0.1, 0.15) is 11.4 Å². The standard InChI is InChI=1S/C29H29N5O3/c1-37-26-10-6-5-9-24(26)27-25(20-34(31-27)23-7-3-2-4-8-23)29(36)33-17-15-32(16-18-33)19-21-11-13-22(14-12-21)28(30)35/h2-14,20H,15-19H2,1H3,(H2,30,35). The normalized spacial score (nSPS) is 13.9. The van der Waals surface area contributed by atoms with Gasteiger partial charge in [0.05, 0.1) is 18.4 Å². The van der Waals surface area contributed by atoms with Crippen LogP contribution in [0.25, 0.3) is 16.9 Å². The Bertz CT molecular complexity index is 1390. The molecule has 0 saturated carbocycles. The monoisotopic (exact) mass is 495 g/mol. The van der Waals surface area contributed by atoms with E-state index >= 15 is 0 Å². The average Bonchev–Trinajstić information content (AvgIpc) is 3.39. The number of hydrogen-bond donors (Lipinski definition) is 1. The molecule has 0 unspecified atom stereocenters. The van der Waals surface area contributed by atoms with Gasteiger partial charge in [-0.05, 0) is 42.0 Å². The van der Waals surface area contributed by atoms with E-state index in [0.717, 1.165) is 36.4 Å². The van der Waals surface area contributed by atoms with Gasteiger partial charge < -0.3 is 15.4 Å². The number of methoxy groups -OCH3 is 1. The summed E-state index contributed by atoms with van der Waals surface area (Å²) in [6.07, 6.45) is 1.81. The lowest BCUT2D eigenvalue weighted by Crippen LogP contribution is -2.48. The van der Waals surface area contributed by atoms with Gasteiger partial charge >= 0.3 is 0 Å². The first-order chi connectivity index (χ1) is 18.0. The van der Waals surface area contributed by atoms with Gasteiger partial charge in [0.25, 0.3) is 5.91 Å². The zero-order valence-corrected chi connectivity index (χ0v) is 20.7. The number of para-hydroxylation sites is 2. The number of benzene rings is 3. The molecule has 5 rings (SSSR count). The van der Waals surface area contributed by atoms with Crippen LogP contribution in [0.5, 0.6) is 5.75 Å². The molecule has 0 aliphatic carbocycles. The third kappa shape index (κ3) is 5.24. The molecule has 1 aliphatic heterocycles. The number of carbonyl (C=O) groups excluding carboxylic acids is 2. The van der Waals surface area contributed by atoms with Crippen molar-refractivity contribution in [1.29, 1.82) is 0 Å². The summed E-state index contributed by atoms with van der Waals surface area (Å²) in [6, 6.07) is 24.7. The van der Waals surface area contributed by atoms with Gasteiger partial charge in [0, 0.05) is 50.0 Å². The maximum absolute atomic E-state index is 13.8.